The Morgan fingerprint density at radius 2 is 2.33 bits per heavy atom. The van der Waals surface area contributed by atoms with Crippen molar-refractivity contribution in [3.05, 3.63) is 16.9 Å². The van der Waals surface area contributed by atoms with Gasteiger partial charge in [0.2, 0.25) is 0 Å². The number of nitrogens with zero attached hydrogens (tertiary/aromatic N) is 2. The summed E-state index contributed by atoms with van der Waals surface area (Å²) in [5.41, 5.74) is 6.99. The molecule has 0 aliphatic rings. The topological polar surface area (TPSA) is 64.9 Å². The Labute approximate surface area is 73.3 Å². The second-order valence-electron chi connectivity index (χ2n) is 2.50. The number of rotatable bonds is 0. The molecule has 0 atom stereocenters. The van der Waals surface area contributed by atoms with Gasteiger partial charge in [-0.05, 0) is 6.92 Å². The summed E-state index contributed by atoms with van der Waals surface area (Å²) >= 11 is 5.78. The van der Waals surface area contributed by atoms with Crippen LogP contribution in [0.1, 0.15) is 5.56 Å². The van der Waals surface area contributed by atoms with E-state index in [1.54, 1.807) is 6.20 Å². The molecule has 0 aliphatic heterocycles. The quantitative estimate of drug-likeness (QED) is 0.633. The molecule has 0 saturated carbocycles. The summed E-state index contributed by atoms with van der Waals surface area (Å²) in [6, 6.07) is 0. The van der Waals surface area contributed by atoms with E-state index >= 15 is 0 Å². The Hall–Kier alpha value is -1.29. The fraction of sp³-hybridized carbons (Fsp3) is 0.143. The van der Waals surface area contributed by atoms with Gasteiger partial charge in [0, 0.05) is 11.8 Å². The van der Waals surface area contributed by atoms with Crippen molar-refractivity contribution >= 4 is 28.4 Å². The van der Waals surface area contributed by atoms with E-state index in [4.69, 9.17) is 21.9 Å². The van der Waals surface area contributed by atoms with Crippen LogP contribution in [0, 0.1) is 6.92 Å². The smallest absolute Gasteiger partial charge is 0.177 e. The summed E-state index contributed by atoms with van der Waals surface area (Å²) < 4.78 is 4.96. The van der Waals surface area contributed by atoms with Gasteiger partial charge >= 0.3 is 0 Å². The van der Waals surface area contributed by atoms with E-state index in [1.165, 1.54) is 0 Å². The van der Waals surface area contributed by atoms with E-state index in [-0.39, 0.29) is 5.82 Å². The molecule has 0 aromatic carbocycles. The molecule has 12 heavy (non-hydrogen) atoms. The normalized spacial score (nSPS) is 10.8. The first-order valence-electron chi connectivity index (χ1n) is 3.36. The molecule has 2 rings (SSSR count). The molecule has 62 valence electrons. The van der Waals surface area contributed by atoms with Crippen LogP contribution < -0.4 is 5.73 Å². The van der Waals surface area contributed by atoms with Crippen molar-refractivity contribution in [1.82, 2.24) is 10.1 Å². The molecule has 0 bridgehead atoms. The van der Waals surface area contributed by atoms with Gasteiger partial charge in [-0.3, -0.25) is 0 Å². The maximum atomic E-state index is 5.78. The Bertz CT molecular complexity index is 437. The van der Waals surface area contributed by atoms with Crippen molar-refractivity contribution in [3.63, 3.8) is 0 Å². The van der Waals surface area contributed by atoms with E-state index in [9.17, 15) is 0 Å². The van der Waals surface area contributed by atoms with Gasteiger partial charge < -0.3 is 10.3 Å². The molecular weight excluding hydrogens is 178 g/mol. The summed E-state index contributed by atoms with van der Waals surface area (Å²) in [4.78, 5) is 3.93. The second kappa shape index (κ2) is 2.35. The van der Waals surface area contributed by atoms with Crippen molar-refractivity contribution in [3.8, 4) is 0 Å². The Kier molecular flexibility index (Phi) is 1.44. The van der Waals surface area contributed by atoms with Gasteiger partial charge in [-0.15, -0.1) is 0 Å². The molecule has 2 heterocycles. The summed E-state index contributed by atoms with van der Waals surface area (Å²) in [5, 5.41) is 4.52. The molecule has 5 heteroatoms. The van der Waals surface area contributed by atoms with E-state index in [0.717, 1.165) is 5.56 Å². The van der Waals surface area contributed by atoms with E-state index in [2.05, 4.69) is 10.1 Å². The summed E-state index contributed by atoms with van der Waals surface area (Å²) in [5.74, 6) is 0.284. The number of hydrogen-bond acceptors (Lipinski definition) is 4. The molecule has 0 radical (unpaired) electrons. The van der Waals surface area contributed by atoms with Crippen molar-refractivity contribution in [1.29, 1.82) is 0 Å². The molecule has 0 aliphatic carbocycles. The first kappa shape index (κ1) is 7.36. The maximum absolute atomic E-state index is 5.78. The van der Waals surface area contributed by atoms with Crippen LogP contribution in [-0.4, -0.2) is 10.1 Å². The van der Waals surface area contributed by atoms with Crippen LogP contribution in [0.5, 0.6) is 0 Å². The van der Waals surface area contributed by atoms with Gasteiger partial charge in [0.05, 0.1) is 0 Å². The zero-order chi connectivity index (χ0) is 8.72. The number of aromatic nitrogens is 2. The van der Waals surface area contributed by atoms with Gasteiger partial charge in [0.25, 0.3) is 0 Å². The van der Waals surface area contributed by atoms with Crippen molar-refractivity contribution < 1.29 is 4.52 Å². The third-order valence-corrected chi connectivity index (χ3v) is 1.94. The molecule has 0 saturated heterocycles. The third-order valence-electron chi connectivity index (χ3n) is 1.65. The van der Waals surface area contributed by atoms with Gasteiger partial charge in [-0.2, -0.15) is 0 Å². The minimum absolute atomic E-state index is 0.284. The summed E-state index contributed by atoms with van der Waals surface area (Å²) in [7, 11) is 0. The molecule has 0 amide bonds. The third kappa shape index (κ3) is 0.848. The number of nitrogen functional groups attached to an aromatic ring is 1. The van der Waals surface area contributed by atoms with Crippen LogP contribution in [0.4, 0.5) is 5.82 Å². The predicted molar refractivity (Wildman–Crippen MR) is 46.0 cm³/mol. The van der Waals surface area contributed by atoms with Crippen LogP contribution in [0.15, 0.2) is 10.7 Å². The minimum Gasteiger partial charge on any atom is -0.380 e. The Morgan fingerprint density at radius 1 is 1.58 bits per heavy atom. The lowest BCUT2D eigenvalue weighted by Gasteiger charge is -1.93. The Morgan fingerprint density at radius 3 is 3.00 bits per heavy atom. The van der Waals surface area contributed by atoms with Gasteiger partial charge in [0.1, 0.15) is 10.5 Å². The molecule has 2 aromatic rings. The van der Waals surface area contributed by atoms with Gasteiger partial charge in [-0.25, -0.2) is 4.98 Å². The van der Waals surface area contributed by atoms with Crippen LogP contribution in [0.2, 0.25) is 5.15 Å². The fourth-order valence-electron chi connectivity index (χ4n) is 1.05. The molecular formula is C7H6ClN3O. The van der Waals surface area contributed by atoms with Crippen LogP contribution in [-0.2, 0) is 0 Å². The van der Waals surface area contributed by atoms with E-state index in [1.807, 2.05) is 6.92 Å². The number of pyridine rings is 1. The zero-order valence-electron chi connectivity index (χ0n) is 6.34. The van der Waals surface area contributed by atoms with E-state index in [0.29, 0.717) is 16.1 Å². The highest BCUT2D eigenvalue weighted by Gasteiger charge is 2.11. The maximum Gasteiger partial charge on any atom is 0.177 e. The molecule has 0 spiro atoms. The minimum atomic E-state index is 0.284. The van der Waals surface area contributed by atoms with Crippen molar-refractivity contribution in [2.45, 2.75) is 6.92 Å². The largest absolute Gasteiger partial charge is 0.380 e. The fourth-order valence-corrected chi connectivity index (χ4v) is 1.28. The number of anilines is 1. The highest BCUT2D eigenvalue weighted by molar-refractivity contribution is 6.35. The molecule has 0 fully saturated rings. The number of nitrogens with two attached hydrogens (primary N) is 1. The Balaban J connectivity index is 2.98. The summed E-state index contributed by atoms with van der Waals surface area (Å²) in [6.07, 6.45) is 1.62. The molecule has 2 aromatic heterocycles. The lowest BCUT2D eigenvalue weighted by atomic mass is 10.2. The predicted octanol–water partition coefficient (Wildman–Crippen LogP) is 1.77. The standard InChI is InChI=1S/C7H6ClN3O/c1-3-2-10-6(8)4-5(3)12-11-7(4)9/h2H,1H3,(H2,9,11). The monoisotopic (exact) mass is 183 g/mol. The number of fused-ring (bicyclic) bond motifs is 1. The van der Waals surface area contributed by atoms with Crippen molar-refractivity contribution in [2.75, 3.05) is 5.73 Å². The number of halogens is 1. The van der Waals surface area contributed by atoms with Crippen LogP contribution in [0.25, 0.3) is 11.0 Å². The van der Waals surface area contributed by atoms with Gasteiger partial charge in [0.15, 0.2) is 11.4 Å². The first-order chi connectivity index (χ1) is 5.70. The molecule has 0 unspecified atom stereocenters. The highest BCUT2D eigenvalue weighted by atomic mass is 35.5. The van der Waals surface area contributed by atoms with E-state index < -0.39 is 0 Å². The average molecular weight is 184 g/mol. The van der Waals surface area contributed by atoms with Gasteiger partial charge in [-0.1, -0.05) is 16.8 Å². The number of aryl methyl sites for hydroxylation is 1. The SMILES string of the molecule is Cc1cnc(Cl)c2c(N)noc12. The highest BCUT2D eigenvalue weighted by Crippen LogP contribution is 2.28. The van der Waals surface area contributed by atoms with Crippen molar-refractivity contribution in [2.24, 2.45) is 0 Å². The lowest BCUT2D eigenvalue weighted by molar-refractivity contribution is 0.459. The molecule has 4 nitrogen and oxygen atoms in total. The zero-order valence-corrected chi connectivity index (χ0v) is 7.09. The van der Waals surface area contributed by atoms with Crippen LogP contribution in [0.3, 0.4) is 0 Å². The first-order valence-corrected chi connectivity index (χ1v) is 3.74. The lowest BCUT2D eigenvalue weighted by Crippen LogP contribution is -1.86. The second-order valence-corrected chi connectivity index (χ2v) is 2.86. The summed E-state index contributed by atoms with van der Waals surface area (Å²) in [6.45, 7) is 1.86. The number of hydrogen-bond donors (Lipinski definition) is 1. The average Bonchev–Trinajstić information content (AvgIpc) is 2.42. The molecule has 2 N–H and O–H groups in total. The van der Waals surface area contributed by atoms with Crippen LogP contribution >= 0.6 is 11.6 Å².